The summed E-state index contributed by atoms with van der Waals surface area (Å²) in [5.74, 6) is 1.64. The van der Waals surface area contributed by atoms with Crippen LogP contribution < -0.4 is 9.47 Å². The van der Waals surface area contributed by atoms with Crippen molar-refractivity contribution >= 4 is 0 Å². The highest BCUT2D eigenvalue weighted by molar-refractivity contribution is 5.45. The molecule has 0 bridgehead atoms. The van der Waals surface area contributed by atoms with E-state index in [1.165, 1.54) is 0 Å². The molecule has 2 aliphatic rings. The van der Waals surface area contributed by atoms with E-state index in [2.05, 4.69) is 11.9 Å². The van der Waals surface area contributed by atoms with Crippen molar-refractivity contribution in [2.45, 2.75) is 6.23 Å². The summed E-state index contributed by atoms with van der Waals surface area (Å²) >= 11 is 0. The fraction of sp³-hybridized carbons (Fsp3) is 0.455. The molecule has 0 saturated carbocycles. The summed E-state index contributed by atoms with van der Waals surface area (Å²) in [5.41, 5.74) is 1.12. The number of nitrogens with zero attached hydrogens (tertiary/aromatic N) is 1. The first-order chi connectivity index (χ1) is 7.34. The number of likely N-dealkylation sites (N-methyl/N-ethyl adjacent to an activating group) is 1. The highest BCUT2D eigenvalue weighted by Gasteiger charge is 2.25. The number of benzene rings is 1. The molecular weight excluding hydrogens is 194 g/mol. The monoisotopic (exact) mass is 207 g/mol. The summed E-state index contributed by atoms with van der Waals surface area (Å²) in [6.07, 6.45) is 0.0551. The lowest BCUT2D eigenvalue weighted by Crippen LogP contribution is -2.18. The van der Waals surface area contributed by atoms with Crippen LogP contribution in [0, 0.1) is 0 Å². The maximum atomic E-state index is 5.64. The molecule has 4 nitrogen and oxygen atoms in total. The Morgan fingerprint density at radius 2 is 2.13 bits per heavy atom. The Morgan fingerprint density at radius 3 is 2.93 bits per heavy atom. The third-order valence-electron chi connectivity index (χ3n) is 2.80. The van der Waals surface area contributed by atoms with Crippen LogP contribution in [0.15, 0.2) is 18.2 Å². The standard InChI is InChI=1S/C11H13NO3/c1-12-4-5-13-11(12)8-2-3-9-10(6-8)15-7-14-9/h2-3,6,11H,4-5,7H2,1H3. The molecule has 4 heteroatoms. The second kappa shape index (κ2) is 3.40. The normalized spacial score (nSPS) is 24.7. The van der Waals surface area contributed by atoms with Gasteiger partial charge in [0.05, 0.1) is 6.61 Å². The SMILES string of the molecule is CN1CCOC1c1ccc2c(c1)OCO2. The van der Waals surface area contributed by atoms with Crippen molar-refractivity contribution < 1.29 is 14.2 Å². The molecule has 2 heterocycles. The van der Waals surface area contributed by atoms with Gasteiger partial charge in [-0.2, -0.15) is 0 Å². The van der Waals surface area contributed by atoms with E-state index in [9.17, 15) is 0 Å². The predicted octanol–water partition coefficient (Wildman–Crippen LogP) is 1.38. The van der Waals surface area contributed by atoms with Crippen LogP contribution >= 0.6 is 0 Å². The summed E-state index contributed by atoms with van der Waals surface area (Å²) < 4.78 is 16.2. The van der Waals surface area contributed by atoms with Crippen LogP contribution in [0.3, 0.4) is 0 Å². The molecule has 15 heavy (non-hydrogen) atoms. The van der Waals surface area contributed by atoms with Crippen LogP contribution in [0.25, 0.3) is 0 Å². The van der Waals surface area contributed by atoms with E-state index in [4.69, 9.17) is 14.2 Å². The largest absolute Gasteiger partial charge is 0.454 e. The molecule has 0 aromatic heterocycles. The molecule has 1 aromatic rings. The van der Waals surface area contributed by atoms with Gasteiger partial charge in [0.15, 0.2) is 11.5 Å². The smallest absolute Gasteiger partial charge is 0.231 e. The molecule has 1 aromatic carbocycles. The van der Waals surface area contributed by atoms with Gasteiger partial charge in [-0.15, -0.1) is 0 Å². The molecular formula is C11H13NO3. The van der Waals surface area contributed by atoms with Crippen LogP contribution in [-0.2, 0) is 4.74 Å². The Bertz CT molecular complexity index is 380. The minimum Gasteiger partial charge on any atom is -0.454 e. The zero-order valence-electron chi connectivity index (χ0n) is 8.60. The second-order valence-corrected chi connectivity index (χ2v) is 3.82. The van der Waals surface area contributed by atoms with Crippen LogP contribution in [0.1, 0.15) is 11.8 Å². The summed E-state index contributed by atoms with van der Waals surface area (Å²) in [4.78, 5) is 2.18. The Hall–Kier alpha value is -1.26. The quantitative estimate of drug-likeness (QED) is 0.696. The average molecular weight is 207 g/mol. The van der Waals surface area contributed by atoms with Gasteiger partial charge in [-0.25, -0.2) is 0 Å². The molecule has 80 valence electrons. The second-order valence-electron chi connectivity index (χ2n) is 3.82. The van der Waals surface area contributed by atoms with Crippen LogP contribution in [0.4, 0.5) is 0 Å². The summed E-state index contributed by atoms with van der Waals surface area (Å²) in [7, 11) is 2.06. The van der Waals surface area contributed by atoms with Gasteiger partial charge in [0, 0.05) is 6.54 Å². The maximum Gasteiger partial charge on any atom is 0.231 e. The van der Waals surface area contributed by atoms with Crippen molar-refractivity contribution in [2.75, 3.05) is 27.0 Å². The highest BCUT2D eigenvalue weighted by Crippen LogP contribution is 2.36. The summed E-state index contributed by atoms with van der Waals surface area (Å²) in [5, 5.41) is 0. The zero-order valence-corrected chi connectivity index (χ0v) is 8.60. The van der Waals surface area contributed by atoms with Gasteiger partial charge in [0.25, 0.3) is 0 Å². The zero-order chi connectivity index (χ0) is 10.3. The molecule has 1 fully saturated rings. The topological polar surface area (TPSA) is 30.9 Å². The lowest BCUT2D eigenvalue weighted by molar-refractivity contribution is 0.0452. The lowest BCUT2D eigenvalue weighted by atomic mass is 10.1. The summed E-state index contributed by atoms with van der Waals surface area (Å²) in [6.45, 7) is 2.08. The highest BCUT2D eigenvalue weighted by atomic mass is 16.7. The van der Waals surface area contributed by atoms with Crippen molar-refractivity contribution in [1.82, 2.24) is 4.90 Å². The van der Waals surface area contributed by atoms with E-state index in [1.807, 2.05) is 18.2 Å². The van der Waals surface area contributed by atoms with Gasteiger partial charge >= 0.3 is 0 Å². The van der Waals surface area contributed by atoms with E-state index < -0.39 is 0 Å². The first-order valence-corrected chi connectivity index (χ1v) is 5.06. The van der Waals surface area contributed by atoms with Crippen molar-refractivity contribution in [3.63, 3.8) is 0 Å². The average Bonchev–Trinajstić information content (AvgIpc) is 2.84. The van der Waals surface area contributed by atoms with Gasteiger partial charge in [-0.1, -0.05) is 6.07 Å². The first kappa shape index (κ1) is 9.00. The van der Waals surface area contributed by atoms with Gasteiger partial charge in [-0.05, 0) is 24.7 Å². The third-order valence-corrected chi connectivity index (χ3v) is 2.80. The van der Waals surface area contributed by atoms with E-state index in [1.54, 1.807) is 0 Å². The summed E-state index contributed by atoms with van der Waals surface area (Å²) in [6, 6.07) is 5.96. The Morgan fingerprint density at radius 1 is 1.27 bits per heavy atom. The van der Waals surface area contributed by atoms with Crippen molar-refractivity contribution in [2.24, 2.45) is 0 Å². The van der Waals surface area contributed by atoms with Crippen LogP contribution in [0.5, 0.6) is 11.5 Å². The number of rotatable bonds is 1. The molecule has 0 aliphatic carbocycles. The minimum absolute atomic E-state index is 0.0551. The van der Waals surface area contributed by atoms with Gasteiger partial charge in [-0.3, -0.25) is 4.90 Å². The molecule has 1 saturated heterocycles. The molecule has 1 atom stereocenters. The fourth-order valence-electron chi connectivity index (χ4n) is 1.97. The molecule has 2 aliphatic heterocycles. The molecule has 3 rings (SSSR count). The van der Waals surface area contributed by atoms with Gasteiger partial charge in [0.1, 0.15) is 6.23 Å². The predicted molar refractivity (Wildman–Crippen MR) is 53.9 cm³/mol. The number of hydrogen-bond acceptors (Lipinski definition) is 4. The van der Waals surface area contributed by atoms with E-state index >= 15 is 0 Å². The number of fused-ring (bicyclic) bond motifs is 1. The number of ether oxygens (including phenoxy) is 3. The Labute approximate surface area is 88.3 Å². The minimum atomic E-state index is 0.0551. The Balaban J connectivity index is 1.92. The first-order valence-electron chi connectivity index (χ1n) is 5.06. The van der Waals surface area contributed by atoms with E-state index in [0.717, 1.165) is 30.2 Å². The van der Waals surface area contributed by atoms with Crippen LogP contribution in [0.2, 0.25) is 0 Å². The van der Waals surface area contributed by atoms with Crippen molar-refractivity contribution in [3.05, 3.63) is 23.8 Å². The van der Waals surface area contributed by atoms with Crippen molar-refractivity contribution in [3.8, 4) is 11.5 Å². The van der Waals surface area contributed by atoms with E-state index in [-0.39, 0.29) is 6.23 Å². The fourth-order valence-corrected chi connectivity index (χ4v) is 1.97. The van der Waals surface area contributed by atoms with Gasteiger partial charge in [0.2, 0.25) is 6.79 Å². The molecule has 0 spiro atoms. The number of hydrogen-bond donors (Lipinski definition) is 0. The maximum absolute atomic E-state index is 5.64. The molecule has 0 N–H and O–H groups in total. The molecule has 0 amide bonds. The third kappa shape index (κ3) is 1.46. The van der Waals surface area contributed by atoms with Crippen LogP contribution in [-0.4, -0.2) is 31.9 Å². The molecule has 1 unspecified atom stereocenters. The van der Waals surface area contributed by atoms with E-state index in [0.29, 0.717) is 6.79 Å². The Kier molecular flexibility index (Phi) is 2.04. The molecule has 0 radical (unpaired) electrons. The van der Waals surface area contributed by atoms with Crippen molar-refractivity contribution in [1.29, 1.82) is 0 Å². The van der Waals surface area contributed by atoms with Gasteiger partial charge < -0.3 is 14.2 Å². The lowest BCUT2D eigenvalue weighted by Gasteiger charge is -2.18.